The number of benzene rings is 2. The zero-order valence-corrected chi connectivity index (χ0v) is 17.1. The van der Waals surface area contributed by atoms with Crippen molar-refractivity contribution >= 4 is 34.1 Å². The van der Waals surface area contributed by atoms with Crippen LogP contribution in [0.25, 0.3) is 11.3 Å². The van der Waals surface area contributed by atoms with Crippen molar-refractivity contribution < 1.29 is 4.79 Å². The number of carbonyl (C=O) groups excluding carboxylic acids is 1. The fourth-order valence-corrected chi connectivity index (χ4v) is 5.14. The van der Waals surface area contributed by atoms with Gasteiger partial charge in [-0.2, -0.15) is 0 Å². The van der Waals surface area contributed by atoms with Crippen LogP contribution in [0.2, 0.25) is 0 Å². The third-order valence-electron chi connectivity index (χ3n) is 4.50. The summed E-state index contributed by atoms with van der Waals surface area (Å²) < 4.78 is 0. The molecule has 0 spiro atoms. The summed E-state index contributed by atoms with van der Waals surface area (Å²) in [4.78, 5) is 19.7. The zero-order valence-electron chi connectivity index (χ0n) is 15.5. The van der Waals surface area contributed by atoms with Gasteiger partial charge in [-0.3, -0.25) is 4.79 Å². The number of rotatable bonds is 5. The third-order valence-corrected chi connectivity index (χ3v) is 6.54. The Morgan fingerprint density at radius 2 is 1.93 bits per heavy atom. The van der Waals surface area contributed by atoms with Crippen LogP contribution in [-0.2, 0) is 24.1 Å². The molecule has 1 amide bonds. The Balaban J connectivity index is 1.43. The number of fused-ring (bicyclic) bond motifs is 3. The van der Waals surface area contributed by atoms with Crippen LogP contribution in [0.5, 0.6) is 0 Å². The maximum absolute atomic E-state index is 12.5. The number of hydrogen-bond acceptors (Lipinski definition) is 4. The van der Waals surface area contributed by atoms with Crippen molar-refractivity contribution in [1.29, 1.82) is 0 Å². The summed E-state index contributed by atoms with van der Waals surface area (Å²) in [5, 5.41) is 4.25. The first-order valence-corrected chi connectivity index (χ1v) is 10.9. The standard InChI is InChI=1S/C22H22N2OS2/c1-14(2)26-17-10-7-15(8-11-17)13-20(25)23-22-24-21-18-6-4-3-5-16(18)9-12-19(21)27-22/h3-8,10-11,14H,9,12-13H2,1-2H3,(H,23,24,25). The van der Waals surface area contributed by atoms with Crippen molar-refractivity contribution in [2.24, 2.45) is 0 Å². The molecule has 1 heterocycles. The smallest absolute Gasteiger partial charge is 0.230 e. The average Bonchev–Trinajstić information content (AvgIpc) is 3.05. The Morgan fingerprint density at radius 1 is 1.15 bits per heavy atom. The van der Waals surface area contributed by atoms with Crippen molar-refractivity contribution in [2.75, 3.05) is 5.32 Å². The predicted molar refractivity (Wildman–Crippen MR) is 115 cm³/mol. The van der Waals surface area contributed by atoms with Crippen molar-refractivity contribution in [2.45, 2.75) is 43.3 Å². The molecule has 3 nitrogen and oxygen atoms in total. The number of thioether (sulfide) groups is 1. The van der Waals surface area contributed by atoms with Gasteiger partial charge >= 0.3 is 0 Å². The summed E-state index contributed by atoms with van der Waals surface area (Å²) in [5.41, 5.74) is 4.60. The van der Waals surface area contributed by atoms with Gasteiger partial charge in [-0.15, -0.1) is 23.1 Å². The van der Waals surface area contributed by atoms with Gasteiger partial charge in [0.1, 0.15) is 0 Å². The summed E-state index contributed by atoms with van der Waals surface area (Å²) >= 11 is 3.43. The molecule has 1 aromatic heterocycles. The van der Waals surface area contributed by atoms with Crippen molar-refractivity contribution in [3.63, 3.8) is 0 Å². The van der Waals surface area contributed by atoms with E-state index in [-0.39, 0.29) is 5.91 Å². The SMILES string of the molecule is CC(C)Sc1ccc(CC(=O)Nc2nc3c(s2)CCc2ccccc2-3)cc1. The summed E-state index contributed by atoms with van der Waals surface area (Å²) in [6.07, 6.45) is 2.40. The molecule has 0 fully saturated rings. The van der Waals surface area contributed by atoms with Crippen molar-refractivity contribution in [3.8, 4) is 11.3 Å². The number of nitrogens with zero attached hydrogens (tertiary/aromatic N) is 1. The van der Waals surface area contributed by atoms with Gasteiger partial charge in [0.05, 0.1) is 12.1 Å². The first-order valence-electron chi connectivity index (χ1n) is 9.22. The Labute approximate surface area is 168 Å². The Morgan fingerprint density at radius 3 is 2.70 bits per heavy atom. The minimum Gasteiger partial charge on any atom is -0.302 e. The number of amides is 1. The number of aromatic nitrogens is 1. The zero-order chi connectivity index (χ0) is 18.8. The highest BCUT2D eigenvalue weighted by Gasteiger charge is 2.21. The minimum atomic E-state index is -0.0151. The number of nitrogens with one attached hydrogen (secondary N) is 1. The first-order chi connectivity index (χ1) is 13.1. The molecule has 27 heavy (non-hydrogen) atoms. The molecule has 138 valence electrons. The highest BCUT2D eigenvalue weighted by atomic mass is 32.2. The maximum atomic E-state index is 12.5. The van der Waals surface area contributed by atoms with Crippen LogP contribution in [-0.4, -0.2) is 16.1 Å². The Bertz CT molecular complexity index is 961. The van der Waals surface area contributed by atoms with Gasteiger partial charge in [-0.05, 0) is 36.1 Å². The van der Waals surface area contributed by atoms with Gasteiger partial charge in [-0.25, -0.2) is 4.98 Å². The normalized spacial score (nSPS) is 12.6. The number of anilines is 1. The number of hydrogen-bond donors (Lipinski definition) is 1. The van der Waals surface area contributed by atoms with Gasteiger partial charge < -0.3 is 5.32 Å². The summed E-state index contributed by atoms with van der Waals surface area (Å²) in [7, 11) is 0. The second kappa shape index (κ2) is 7.87. The molecule has 0 radical (unpaired) electrons. The monoisotopic (exact) mass is 394 g/mol. The fraction of sp³-hybridized carbons (Fsp3) is 0.273. The van der Waals surface area contributed by atoms with Gasteiger partial charge in [0.25, 0.3) is 0 Å². The van der Waals surface area contributed by atoms with E-state index in [2.05, 4.69) is 49.5 Å². The Kier molecular flexibility index (Phi) is 5.32. The Hall–Kier alpha value is -2.11. The van der Waals surface area contributed by atoms with Crippen LogP contribution in [0.3, 0.4) is 0 Å². The number of carbonyl (C=O) groups is 1. The summed E-state index contributed by atoms with van der Waals surface area (Å²) in [5.74, 6) is -0.0151. The molecule has 2 aromatic carbocycles. The molecule has 0 saturated heterocycles. The van der Waals surface area contributed by atoms with E-state index >= 15 is 0 Å². The minimum absolute atomic E-state index is 0.0151. The highest BCUT2D eigenvalue weighted by Crippen LogP contribution is 2.37. The van der Waals surface area contributed by atoms with E-state index in [1.807, 2.05) is 30.0 Å². The van der Waals surface area contributed by atoms with Crippen LogP contribution >= 0.6 is 23.1 Å². The van der Waals surface area contributed by atoms with Crippen LogP contribution in [0, 0.1) is 0 Å². The van der Waals surface area contributed by atoms with E-state index in [9.17, 15) is 4.79 Å². The molecule has 5 heteroatoms. The third kappa shape index (κ3) is 4.25. The van der Waals surface area contributed by atoms with Gasteiger partial charge in [-0.1, -0.05) is 50.2 Å². The molecule has 0 aliphatic heterocycles. The molecule has 0 atom stereocenters. The van der Waals surface area contributed by atoms with Crippen LogP contribution in [0.15, 0.2) is 53.4 Å². The van der Waals surface area contributed by atoms with Crippen LogP contribution in [0.4, 0.5) is 5.13 Å². The van der Waals surface area contributed by atoms with E-state index in [1.165, 1.54) is 20.9 Å². The lowest BCUT2D eigenvalue weighted by Crippen LogP contribution is -2.14. The van der Waals surface area contributed by atoms with E-state index in [1.54, 1.807) is 11.3 Å². The number of thiazole rings is 1. The lowest BCUT2D eigenvalue weighted by atomic mass is 9.94. The fourth-order valence-electron chi connectivity index (χ4n) is 3.31. The molecule has 3 aromatic rings. The molecule has 0 bridgehead atoms. The van der Waals surface area contributed by atoms with Crippen molar-refractivity contribution in [3.05, 3.63) is 64.5 Å². The van der Waals surface area contributed by atoms with E-state index in [4.69, 9.17) is 4.98 Å². The van der Waals surface area contributed by atoms with Gasteiger partial charge in [0, 0.05) is 20.6 Å². The molecule has 1 aliphatic rings. The molecule has 1 N–H and O–H groups in total. The predicted octanol–water partition coefficient (Wildman–Crippen LogP) is 5.59. The quantitative estimate of drug-likeness (QED) is 0.574. The van der Waals surface area contributed by atoms with Crippen LogP contribution in [0.1, 0.15) is 29.9 Å². The summed E-state index contributed by atoms with van der Waals surface area (Å²) in [6, 6.07) is 16.7. The maximum Gasteiger partial charge on any atom is 0.230 e. The van der Waals surface area contributed by atoms with E-state index < -0.39 is 0 Å². The summed E-state index contributed by atoms with van der Waals surface area (Å²) in [6.45, 7) is 4.36. The van der Waals surface area contributed by atoms with Gasteiger partial charge in [0.2, 0.25) is 5.91 Å². The lowest BCUT2D eigenvalue weighted by molar-refractivity contribution is -0.115. The molecule has 1 aliphatic carbocycles. The molecule has 0 saturated carbocycles. The molecular formula is C22H22N2OS2. The largest absolute Gasteiger partial charge is 0.302 e. The molecule has 4 rings (SSSR count). The van der Waals surface area contributed by atoms with E-state index in [0.717, 1.165) is 24.1 Å². The van der Waals surface area contributed by atoms with Gasteiger partial charge in [0.15, 0.2) is 5.13 Å². The topological polar surface area (TPSA) is 42.0 Å². The van der Waals surface area contributed by atoms with Crippen LogP contribution < -0.4 is 5.32 Å². The lowest BCUT2D eigenvalue weighted by Gasteiger charge is -2.13. The second-order valence-corrected chi connectivity index (χ2v) is 9.72. The average molecular weight is 395 g/mol. The number of aryl methyl sites for hydroxylation is 2. The molecule has 0 unspecified atom stereocenters. The molecular weight excluding hydrogens is 372 g/mol. The highest BCUT2D eigenvalue weighted by molar-refractivity contribution is 7.99. The second-order valence-electron chi connectivity index (χ2n) is 6.98. The first kappa shape index (κ1) is 18.3. The van der Waals surface area contributed by atoms with Crippen molar-refractivity contribution in [1.82, 2.24) is 4.98 Å². The van der Waals surface area contributed by atoms with E-state index in [0.29, 0.717) is 16.8 Å².